The van der Waals surface area contributed by atoms with Gasteiger partial charge in [-0.1, -0.05) is 41.9 Å². The fraction of sp³-hybridized carbons (Fsp3) is 0. The summed E-state index contributed by atoms with van der Waals surface area (Å²) < 4.78 is 1.16. The first kappa shape index (κ1) is 16.2. The van der Waals surface area contributed by atoms with Crippen molar-refractivity contribution in [1.82, 2.24) is 15.0 Å². The van der Waals surface area contributed by atoms with Gasteiger partial charge in [0.1, 0.15) is 12.1 Å². The lowest BCUT2D eigenvalue weighted by Gasteiger charge is -2.11. The van der Waals surface area contributed by atoms with Crippen LogP contribution in [0.2, 0.25) is 5.02 Å². The van der Waals surface area contributed by atoms with E-state index in [0.29, 0.717) is 5.02 Å². The van der Waals surface area contributed by atoms with Crippen molar-refractivity contribution in [3.05, 3.63) is 77.5 Å². The van der Waals surface area contributed by atoms with Gasteiger partial charge in [0.2, 0.25) is 0 Å². The highest BCUT2D eigenvalue weighted by Gasteiger charge is 2.11. The van der Waals surface area contributed by atoms with E-state index in [1.54, 1.807) is 17.7 Å². The van der Waals surface area contributed by atoms with Crippen molar-refractivity contribution in [2.24, 2.45) is 0 Å². The molecule has 130 valence electrons. The molecule has 5 aromatic rings. The molecular weight excluding hydrogens is 376 g/mol. The van der Waals surface area contributed by atoms with E-state index in [1.807, 2.05) is 60.1 Å². The predicted octanol–water partition coefficient (Wildman–Crippen LogP) is 6.30. The largest absolute Gasteiger partial charge is 0.340 e. The molecule has 27 heavy (non-hydrogen) atoms. The van der Waals surface area contributed by atoms with Crippen LogP contribution in [0.3, 0.4) is 0 Å². The predicted molar refractivity (Wildman–Crippen MR) is 113 cm³/mol. The third-order valence-electron chi connectivity index (χ3n) is 4.40. The van der Waals surface area contributed by atoms with Crippen molar-refractivity contribution in [1.29, 1.82) is 0 Å². The topological polar surface area (TPSA) is 50.7 Å². The Kier molecular flexibility index (Phi) is 3.96. The zero-order valence-electron chi connectivity index (χ0n) is 14.1. The molecule has 2 heterocycles. The van der Waals surface area contributed by atoms with E-state index in [4.69, 9.17) is 11.6 Å². The molecule has 0 saturated carbocycles. The van der Waals surface area contributed by atoms with E-state index < -0.39 is 0 Å². The van der Waals surface area contributed by atoms with Crippen LogP contribution in [-0.2, 0) is 0 Å². The monoisotopic (exact) mass is 388 g/mol. The number of thiazole rings is 1. The molecule has 0 aliphatic carbocycles. The highest BCUT2D eigenvalue weighted by Crippen LogP contribution is 2.34. The van der Waals surface area contributed by atoms with Crippen LogP contribution in [0.25, 0.3) is 32.2 Å². The second-order valence-corrected chi connectivity index (χ2v) is 7.39. The number of benzene rings is 3. The smallest absolute Gasteiger partial charge is 0.141 e. The summed E-state index contributed by atoms with van der Waals surface area (Å²) >= 11 is 8.14. The lowest BCUT2D eigenvalue weighted by atomic mass is 10.0. The molecule has 1 N–H and O–H groups in total. The van der Waals surface area contributed by atoms with Gasteiger partial charge in [0.15, 0.2) is 0 Å². The minimum Gasteiger partial charge on any atom is -0.340 e. The van der Waals surface area contributed by atoms with E-state index in [0.717, 1.165) is 43.8 Å². The number of hydrogen-bond acceptors (Lipinski definition) is 5. The summed E-state index contributed by atoms with van der Waals surface area (Å²) in [5.41, 5.74) is 6.57. The summed E-state index contributed by atoms with van der Waals surface area (Å²) in [7, 11) is 0. The number of rotatable bonds is 3. The molecule has 0 aliphatic rings. The number of hydrogen-bond donors (Lipinski definition) is 1. The maximum absolute atomic E-state index is 6.52. The molecule has 0 fully saturated rings. The fourth-order valence-corrected chi connectivity index (χ4v) is 4.01. The van der Waals surface area contributed by atoms with Gasteiger partial charge in [-0.2, -0.15) is 0 Å². The van der Waals surface area contributed by atoms with Crippen molar-refractivity contribution in [2.75, 3.05) is 5.32 Å². The number of halogens is 1. The molecule has 4 nitrogen and oxygen atoms in total. The zero-order chi connectivity index (χ0) is 18.2. The molecule has 0 saturated heterocycles. The Morgan fingerprint density at radius 2 is 1.74 bits per heavy atom. The lowest BCUT2D eigenvalue weighted by Crippen LogP contribution is -1.96. The molecule has 3 aromatic carbocycles. The number of anilines is 2. The standard InChI is InChI=1S/C21H13ClN4S/c22-17-10-18-16(9-15(17)13-4-2-1-3-5-13)21(24-11-23-18)26-14-6-7-20-19(8-14)25-12-27-20/h1-12H,(H,23,24,26). The van der Waals surface area contributed by atoms with Gasteiger partial charge in [-0.25, -0.2) is 15.0 Å². The van der Waals surface area contributed by atoms with E-state index in [2.05, 4.69) is 26.3 Å². The summed E-state index contributed by atoms with van der Waals surface area (Å²) in [6.07, 6.45) is 1.55. The van der Waals surface area contributed by atoms with Gasteiger partial charge in [0.05, 0.1) is 26.3 Å². The molecule has 0 atom stereocenters. The molecular formula is C21H13ClN4S. The summed E-state index contributed by atoms with van der Waals surface area (Å²) in [6, 6.07) is 20.1. The molecule has 0 aliphatic heterocycles. The molecule has 0 amide bonds. The second-order valence-electron chi connectivity index (χ2n) is 6.10. The van der Waals surface area contributed by atoms with Crippen LogP contribution >= 0.6 is 22.9 Å². The first-order chi connectivity index (χ1) is 13.3. The van der Waals surface area contributed by atoms with Crippen LogP contribution in [0.15, 0.2) is 72.5 Å². The van der Waals surface area contributed by atoms with Gasteiger partial charge in [-0.15, -0.1) is 11.3 Å². The number of fused-ring (bicyclic) bond motifs is 2. The Bertz CT molecular complexity index is 1270. The molecule has 5 rings (SSSR count). The third kappa shape index (κ3) is 3.01. The summed E-state index contributed by atoms with van der Waals surface area (Å²) in [6.45, 7) is 0. The van der Waals surface area contributed by atoms with Gasteiger partial charge >= 0.3 is 0 Å². The second kappa shape index (κ2) is 6.61. The number of nitrogens with one attached hydrogen (secondary N) is 1. The highest BCUT2D eigenvalue weighted by atomic mass is 35.5. The average molecular weight is 389 g/mol. The number of aromatic nitrogens is 3. The van der Waals surface area contributed by atoms with Gasteiger partial charge in [-0.3, -0.25) is 0 Å². The maximum Gasteiger partial charge on any atom is 0.141 e. The van der Waals surface area contributed by atoms with Crippen LogP contribution in [0, 0.1) is 0 Å². The summed E-state index contributed by atoms with van der Waals surface area (Å²) in [5.74, 6) is 0.739. The minimum atomic E-state index is 0.669. The minimum absolute atomic E-state index is 0.669. The Labute approximate surface area is 164 Å². The van der Waals surface area contributed by atoms with E-state index in [1.165, 1.54) is 0 Å². The molecule has 2 aromatic heterocycles. The van der Waals surface area contributed by atoms with Crippen LogP contribution in [-0.4, -0.2) is 15.0 Å². The van der Waals surface area contributed by atoms with Crippen molar-refractivity contribution in [3.63, 3.8) is 0 Å². The Morgan fingerprint density at radius 1 is 0.852 bits per heavy atom. The average Bonchev–Trinajstić information content (AvgIpc) is 3.16. The van der Waals surface area contributed by atoms with E-state index in [9.17, 15) is 0 Å². The van der Waals surface area contributed by atoms with Crippen molar-refractivity contribution < 1.29 is 0 Å². The molecule has 0 radical (unpaired) electrons. The van der Waals surface area contributed by atoms with Crippen LogP contribution in [0.4, 0.5) is 11.5 Å². The van der Waals surface area contributed by atoms with E-state index >= 15 is 0 Å². The third-order valence-corrected chi connectivity index (χ3v) is 5.52. The van der Waals surface area contributed by atoms with Crippen molar-refractivity contribution in [2.45, 2.75) is 0 Å². The van der Waals surface area contributed by atoms with Crippen LogP contribution in [0.5, 0.6) is 0 Å². The SMILES string of the molecule is Clc1cc2ncnc(Nc3ccc4scnc4c3)c2cc1-c1ccccc1. The van der Waals surface area contributed by atoms with Crippen molar-refractivity contribution >= 4 is 55.6 Å². The molecule has 0 spiro atoms. The van der Waals surface area contributed by atoms with Gasteiger partial charge in [0, 0.05) is 16.6 Å². The molecule has 0 bridgehead atoms. The summed E-state index contributed by atoms with van der Waals surface area (Å²) in [4.78, 5) is 13.2. The fourth-order valence-electron chi connectivity index (χ4n) is 3.09. The molecule has 6 heteroatoms. The maximum atomic E-state index is 6.52. The van der Waals surface area contributed by atoms with Crippen LogP contribution in [0.1, 0.15) is 0 Å². The first-order valence-electron chi connectivity index (χ1n) is 8.38. The van der Waals surface area contributed by atoms with Crippen molar-refractivity contribution in [3.8, 4) is 11.1 Å². The molecule has 0 unspecified atom stereocenters. The van der Waals surface area contributed by atoms with Gasteiger partial charge < -0.3 is 5.32 Å². The van der Waals surface area contributed by atoms with E-state index in [-0.39, 0.29) is 0 Å². The highest BCUT2D eigenvalue weighted by molar-refractivity contribution is 7.16. The van der Waals surface area contributed by atoms with Gasteiger partial charge in [-0.05, 0) is 35.9 Å². The summed E-state index contributed by atoms with van der Waals surface area (Å²) in [5, 5.41) is 4.98. The quantitative estimate of drug-likeness (QED) is 0.394. The Hall–Kier alpha value is -3.02. The zero-order valence-corrected chi connectivity index (χ0v) is 15.6. The first-order valence-corrected chi connectivity index (χ1v) is 9.64. The normalized spacial score (nSPS) is 11.1. The lowest BCUT2D eigenvalue weighted by molar-refractivity contribution is 1.22. The van der Waals surface area contributed by atoms with Crippen LogP contribution < -0.4 is 5.32 Å². The number of nitrogens with zero attached hydrogens (tertiary/aromatic N) is 3. The Balaban J connectivity index is 1.63. The Morgan fingerprint density at radius 3 is 2.63 bits per heavy atom. The van der Waals surface area contributed by atoms with Gasteiger partial charge in [0.25, 0.3) is 0 Å².